The van der Waals surface area contributed by atoms with E-state index in [0.717, 1.165) is 5.56 Å². The first-order valence-corrected chi connectivity index (χ1v) is 12.1. The topological polar surface area (TPSA) is 107 Å². The monoisotopic (exact) mass is 469 g/mol. The Morgan fingerprint density at radius 1 is 1.12 bits per heavy atom. The van der Waals surface area contributed by atoms with Gasteiger partial charge < -0.3 is 8.94 Å². The maximum atomic E-state index is 13.2. The van der Waals surface area contributed by atoms with Gasteiger partial charge in [0.1, 0.15) is 17.2 Å². The van der Waals surface area contributed by atoms with E-state index in [1.807, 2.05) is 24.3 Å². The van der Waals surface area contributed by atoms with E-state index in [1.165, 1.54) is 23.2 Å². The Hall–Kier alpha value is -3.24. The summed E-state index contributed by atoms with van der Waals surface area (Å²) in [5, 5.41) is 8.49. The molecule has 9 nitrogen and oxygen atoms in total. The molecule has 0 saturated carbocycles. The van der Waals surface area contributed by atoms with Crippen LogP contribution in [-0.2, 0) is 23.1 Å². The van der Waals surface area contributed by atoms with Crippen LogP contribution >= 0.6 is 0 Å². The maximum Gasteiger partial charge on any atom is 0.248 e. The van der Waals surface area contributed by atoms with Gasteiger partial charge in [0.25, 0.3) is 0 Å². The van der Waals surface area contributed by atoms with Crippen LogP contribution in [0.1, 0.15) is 48.4 Å². The van der Waals surface area contributed by atoms with Gasteiger partial charge >= 0.3 is 0 Å². The Balaban J connectivity index is 1.55. The molecule has 0 unspecified atom stereocenters. The minimum Gasteiger partial charge on any atom is -0.468 e. The molecule has 4 rings (SSSR count). The third kappa shape index (κ3) is 4.62. The molecule has 174 valence electrons. The van der Waals surface area contributed by atoms with Crippen LogP contribution in [0, 0.1) is 13.8 Å². The molecule has 0 N–H and O–H groups in total. The van der Waals surface area contributed by atoms with Crippen LogP contribution < -0.4 is 0 Å². The molecular weight excluding hydrogens is 442 g/mol. The first-order chi connectivity index (χ1) is 15.7. The highest BCUT2D eigenvalue weighted by atomic mass is 32.2. The fraction of sp³-hybridized carbons (Fsp3) is 0.348. The van der Waals surface area contributed by atoms with Crippen molar-refractivity contribution < 1.29 is 17.4 Å². The molecule has 0 fully saturated rings. The van der Waals surface area contributed by atoms with Crippen LogP contribution in [0.4, 0.5) is 0 Å². The minimum atomic E-state index is -3.77. The fourth-order valence-corrected chi connectivity index (χ4v) is 5.15. The van der Waals surface area contributed by atoms with Crippen molar-refractivity contribution >= 4 is 10.0 Å². The largest absolute Gasteiger partial charge is 0.468 e. The van der Waals surface area contributed by atoms with Gasteiger partial charge in [-0.2, -0.15) is 14.4 Å². The van der Waals surface area contributed by atoms with E-state index in [0.29, 0.717) is 34.8 Å². The standard InChI is InChI=1S/C23H27N5O4S/c1-15(2)18-8-10-19(11-9-18)23-24-21(32-26-23)14-28-17(4)22(16(3)25-28)33(29,30)27(5)13-20-7-6-12-31-20/h6-12,15H,13-14H2,1-5H3. The molecule has 0 aliphatic carbocycles. The van der Waals surface area contributed by atoms with Crippen molar-refractivity contribution in [3.63, 3.8) is 0 Å². The zero-order valence-electron chi connectivity index (χ0n) is 19.3. The first kappa shape index (κ1) is 22.9. The molecule has 0 amide bonds. The Bertz CT molecular complexity index is 1340. The summed E-state index contributed by atoms with van der Waals surface area (Å²) in [5.41, 5.74) is 2.99. The van der Waals surface area contributed by atoms with E-state index < -0.39 is 10.0 Å². The average Bonchev–Trinajstić information content (AvgIpc) is 3.50. The molecule has 0 radical (unpaired) electrons. The second-order valence-electron chi connectivity index (χ2n) is 8.29. The number of furan rings is 1. The number of aryl methyl sites for hydroxylation is 1. The maximum absolute atomic E-state index is 13.2. The highest BCUT2D eigenvalue weighted by Gasteiger charge is 2.29. The van der Waals surface area contributed by atoms with E-state index in [1.54, 1.807) is 30.7 Å². The van der Waals surface area contributed by atoms with Crippen molar-refractivity contribution in [3.05, 3.63) is 71.3 Å². The fourth-order valence-electron chi connectivity index (χ4n) is 3.65. The minimum absolute atomic E-state index is 0.127. The lowest BCUT2D eigenvalue weighted by molar-refractivity contribution is 0.364. The quantitative estimate of drug-likeness (QED) is 0.382. The van der Waals surface area contributed by atoms with Gasteiger partial charge in [-0.3, -0.25) is 4.68 Å². The molecule has 0 aliphatic rings. The Kier molecular flexibility index (Phi) is 6.22. The van der Waals surface area contributed by atoms with Crippen molar-refractivity contribution in [2.75, 3.05) is 7.05 Å². The van der Waals surface area contributed by atoms with Gasteiger partial charge in [0, 0.05) is 12.6 Å². The summed E-state index contributed by atoms with van der Waals surface area (Å²) in [6, 6.07) is 11.5. The van der Waals surface area contributed by atoms with Crippen LogP contribution in [-0.4, -0.2) is 39.7 Å². The summed E-state index contributed by atoms with van der Waals surface area (Å²) in [6.07, 6.45) is 1.52. The van der Waals surface area contributed by atoms with E-state index in [4.69, 9.17) is 8.94 Å². The molecule has 0 saturated heterocycles. The molecule has 0 aliphatic heterocycles. The molecule has 33 heavy (non-hydrogen) atoms. The normalized spacial score (nSPS) is 12.2. The summed E-state index contributed by atoms with van der Waals surface area (Å²) in [5.74, 6) is 1.82. The van der Waals surface area contributed by atoms with Gasteiger partial charge in [-0.1, -0.05) is 43.3 Å². The molecule has 4 aromatic rings. The van der Waals surface area contributed by atoms with Crippen molar-refractivity contribution in [1.82, 2.24) is 24.2 Å². The number of benzene rings is 1. The molecule has 3 heterocycles. The van der Waals surface area contributed by atoms with Gasteiger partial charge in [0.15, 0.2) is 0 Å². The summed E-state index contributed by atoms with van der Waals surface area (Å²) < 4.78 is 39.9. The molecule has 0 atom stereocenters. The Morgan fingerprint density at radius 2 is 1.85 bits per heavy atom. The highest BCUT2D eigenvalue weighted by molar-refractivity contribution is 7.89. The number of hydrogen-bond acceptors (Lipinski definition) is 7. The Labute approximate surface area is 193 Å². The molecular formula is C23H27N5O4S. The smallest absolute Gasteiger partial charge is 0.248 e. The summed E-state index contributed by atoms with van der Waals surface area (Å²) in [6.45, 7) is 7.96. The lowest BCUT2D eigenvalue weighted by atomic mass is 10.0. The van der Waals surface area contributed by atoms with Crippen LogP contribution in [0.2, 0.25) is 0 Å². The van der Waals surface area contributed by atoms with Gasteiger partial charge in [0.05, 0.1) is 24.2 Å². The average molecular weight is 470 g/mol. The second-order valence-corrected chi connectivity index (χ2v) is 10.3. The number of aromatic nitrogens is 4. The SMILES string of the molecule is Cc1nn(Cc2nc(-c3ccc(C(C)C)cc3)no2)c(C)c1S(=O)(=O)N(C)Cc1ccco1. The van der Waals surface area contributed by atoms with E-state index in [-0.39, 0.29) is 18.0 Å². The van der Waals surface area contributed by atoms with Crippen molar-refractivity contribution in [3.8, 4) is 11.4 Å². The van der Waals surface area contributed by atoms with E-state index in [2.05, 4.69) is 29.1 Å². The first-order valence-electron chi connectivity index (χ1n) is 10.6. The van der Waals surface area contributed by atoms with Crippen LogP contribution in [0.25, 0.3) is 11.4 Å². The lowest BCUT2D eigenvalue weighted by Gasteiger charge is -2.16. The second kappa shape index (κ2) is 8.95. The van der Waals surface area contributed by atoms with E-state index >= 15 is 0 Å². The number of sulfonamides is 1. The van der Waals surface area contributed by atoms with Crippen LogP contribution in [0.3, 0.4) is 0 Å². The number of hydrogen-bond donors (Lipinski definition) is 0. The highest BCUT2D eigenvalue weighted by Crippen LogP contribution is 2.25. The third-order valence-corrected chi connectivity index (χ3v) is 7.59. The van der Waals surface area contributed by atoms with Crippen molar-refractivity contribution in [1.29, 1.82) is 0 Å². The predicted octanol–water partition coefficient (Wildman–Crippen LogP) is 4.14. The zero-order valence-corrected chi connectivity index (χ0v) is 20.1. The third-order valence-electron chi connectivity index (χ3n) is 5.53. The summed E-state index contributed by atoms with van der Waals surface area (Å²) in [7, 11) is -2.26. The molecule has 3 aromatic heterocycles. The molecule has 0 spiro atoms. The predicted molar refractivity (Wildman–Crippen MR) is 122 cm³/mol. The Morgan fingerprint density at radius 3 is 2.48 bits per heavy atom. The van der Waals surface area contributed by atoms with Crippen LogP contribution in [0.5, 0.6) is 0 Å². The van der Waals surface area contributed by atoms with Gasteiger partial charge in [-0.15, -0.1) is 0 Å². The van der Waals surface area contributed by atoms with Crippen LogP contribution in [0.15, 0.2) is 56.5 Å². The number of rotatable bonds is 8. The lowest BCUT2D eigenvalue weighted by Crippen LogP contribution is -2.27. The molecule has 10 heteroatoms. The van der Waals surface area contributed by atoms with Crippen molar-refractivity contribution in [2.24, 2.45) is 0 Å². The van der Waals surface area contributed by atoms with E-state index in [9.17, 15) is 8.42 Å². The van der Waals surface area contributed by atoms with Gasteiger partial charge in [0.2, 0.25) is 21.7 Å². The summed E-state index contributed by atoms with van der Waals surface area (Å²) >= 11 is 0. The molecule has 0 bridgehead atoms. The van der Waals surface area contributed by atoms with Gasteiger partial charge in [-0.05, 0) is 37.5 Å². The van der Waals surface area contributed by atoms with Gasteiger partial charge in [-0.25, -0.2) is 8.42 Å². The summed E-state index contributed by atoms with van der Waals surface area (Å²) in [4.78, 5) is 4.63. The van der Waals surface area contributed by atoms with Crippen molar-refractivity contribution in [2.45, 2.75) is 51.6 Å². The number of nitrogens with zero attached hydrogens (tertiary/aromatic N) is 5. The molecule has 1 aromatic carbocycles. The zero-order chi connectivity index (χ0) is 23.8.